The molecular weight excluding hydrogens is 168 g/mol. The van der Waals surface area contributed by atoms with Crippen molar-refractivity contribution in [1.29, 1.82) is 0 Å². The molecule has 1 heterocycles. The Morgan fingerprint density at radius 2 is 2.31 bits per heavy atom. The molecule has 13 heavy (non-hydrogen) atoms. The number of amides is 1. The second-order valence-corrected chi connectivity index (χ2v) is 3.09. The molecule has 1 amide bonds. The van der Waals surface area contributed by atoms with Gasteiger partial charge in [0.2, 0.25) is 0 Å². The van der Waals surface area contributed by atoms with Crippen LogP contribution in [-0.4, -0.2) is 18.0 Å². The van der Waals surface area contributed by atoms with Crippen molar-refractivity contribution in [1.82, 2.24) is 4.90 Å². The average Bonchev–Trinajstić information content (AvgIpc) is 2.08. The van der Waals surface area contributed by atoms with E-state index >= 15 is 0 Å². The van der Waals surface area contributed by atoms with Crippen LogP contribution in [0.5, 0.6) is 5.75 Å². The molecule has 68 valence electrons. The second-order valence-electron chi connectivity index (χ2n) is 3.09. The Balaban J connectivity index is 2.42. The second kappa shape index (κ2) is 2.65. The highest BCUT2D eigenvalue weighted by atomic mass is 16.6. The molecule has 0 spiro atoms. The number of carbonyl (C=O) groups excluding carboxylic acids is 1. The van der Waals surface area contributed by atoms with Gasteiger partial charge in [0.25, 0.3) is 0 Å². The van der Waals surface area contributed by atoms with E-state index in [2.05, 4.69) is 0 Å². The van der Waals surface area contributed by atoms with E-state index in [9.17, 15) is 4.79 Å². The van der Waals surface area contributed by atoms with E-state index in [1.54, 1.807) is 19.2 Å². The Morgan fingerprint density at radius 1 is 1.54 bits per heavy atom. The van der Waals surface area contributed by atoms with Gasteiger partial charge in [-0.2, -0.15) is 0 Å². The van der Waals surface area contributed by atoms with Gasteiger partial charge in [-0.1, -0.05) is 0 Å². The molecule has 2 rings (SSSR count). The number of hydrogen-bond acceptors (Lipinski definition) is 3. The van der Waals surface area contributed by atoms with Crippen LogP contribution in [0.1, 0.15) is 5.56 Å². The Bertz CT molecular complexity index is 363. The molecule has 0 radical (unpaired) electrons. The van der Waals surface area contributed by atoms with Crippen molar-refractivity contribution in [2.45, 2.75) is 6.54 Å². The van der Waals surface area contributed by atoms with Crippen molar-refractivity contribution >= 4 is 11.8 Å². The standard InChI is InChI=1S/C9H10N2O2/c1-11-5-6-4-7(10)2-3-8(6)13-9(11)12/h2-4H,5,10H2,1H3. The first-order chi connectivity index (χ1) is 6.16. The highest BCUT2D eigenvalue weighted by molar-refractivity contribution is 5.73. The maximum atomic E-state index is 11.1. The Hall–Kier alpha value is -1.71. The lowest BCUT2D eigenvalue weighted by molar-refractivity contribution is 0.150. The molecule has 4 nitrogen and oxygen atoms in total. The number of benzene rings is 1. The quantitative estimate of drug-likeness (QED) is 0.607. The summed E-state index contributed by atoms with van der Waals surface area (Å²) in [6.45, 7) is 0.555. The van der Waals surface area contributed by atoms with Crippen molar-refractivity contribution in [2.24, 2.45) is 0 Å². The Labute approximate surface area is 75.9 Å². The van der Waals surface area contributed by atoms with Crippen LogP contribution < -0.4 is 10.5 Å². The molecule has 1 aromatic rings. The van der Waals surface area contributed by atoms with Crippen LogP contribution in [0.4, 0.5) is 10.5 Å². The summed E-state index contributed by atoms with van der Waals surface area (Å²) < 4.78 is 5.03. The van der Waals surface area contributed by atoms with Gasteiger partial charge in [0, 0.05) is 18.3 Å². The van der Waals surface area contributed by atoms with E-state index in [1.165, 1.54) is 4.90 Å². The summed E-state index contributed by atoms with van der Waals surface area (Å²) in [4.78, 5) is 12.6. The monoisotopic (exact) mass is 178 g/mol. The predicted octanol–water partition coefficient (Wildman–Crippen LogP) is 1.21. The van der Waals surface area contributed by atoms with Gasteiger partial charge in [-0.05, 0) is 18.2 Å². The molecule has 0 saturated heterocycles. The van der Waals surface area contributed by atoms with Crippen LogP contribution in [0, 0.1) is 0 Å². The molecule has 1 aliphatic heterocycles. The summed E-state index contributed by atoms with van der Waals surface area (Å²) in [5.74, 6) is 0.609. The smallest absolute Gasteiger partial charge is 0.410 e. The van der Waals surface area contributed by atoms with Gasteiger partial charge < -0.3 is 15.4 Å². The van der Waals surface area contributed by atoms with Gasteiger partial charge in [0.1, 0.15) is 5.75 Å². The number of nitrogens with two attached hydrogens (primary N) is 1. The molecule has 0 unspecified atom stereocenters. The fraction of sp³-hybridized carbons (Fsp3) is 0.222. The van der Waals surface area contributed by atoms with Crippen LogP contribution >= 0.6 is 0 Å². The number of hydrogen-bond donors (Lipinski definition) is 1. The van der Waals surface area contributed by atoms with E-state index in [4.69, 9.17) is 10.5 Å². The molecule has 0 aromatic heterocycles. The number of anilines is 1. The lowest BCUT2D eigenvalue weighted by Crippen LogP contribution is -2.33. The highest BCUT2D eigenvalue weighted by Gasteiger charge is 2.21. The minimum atomic E-state index is -0.322. The summed E-state index contributed by atoms with van der Waals surface area (Å²) in [5, 5.41) is 0. The number of nitrogens with zero attached hydrogens (tertiary/aromatic N) is 1. The maximum Gasteiger partial charge on any atom is 0.415 e. The van der Waals surface area contributed by atoms with Crippen molar-refractivity contribution in [3.63, 3.8) is 0 Å². The third kappa shape index (κ3) is 1.30. The topological polar surface area (TPSA) is 55.6 Å². The lowest BCUT2D eigenvalue weighted by Gasteiger charge is -2.24. The fourth-order valence-corrected chi connectivity index (χ4v) is 1.31. The first-order valence-electron chi connectivity index (χ1n) is 3.98. The van der Waals surface area contributed by atoms with Crippen LogP contribution in [-0.2, 0) is 6.54 Å². The first-order valence-corrected chi connectivity index (χ1v) is 3.98. The van der Waals surface area contributed by atoms with Gasteiger partial charge >= 0.3 is 6.09 Å². The molecule has 0 aliphatic carbocycles. The Morgan fingerprint density at radius 3 is 3.08 bits per heavy atom. The molecule has 0 atom stereocenters. The normalized spacial score (nSPS) is 15.2. The maximum absolute atomic E-state index is 11.1. The number of ether oxygens (including phenoxy) is 1. The van der Waals surface area contributed by atoms with Crippen LogP contribution in [0.15, 0.2) is 18.2 Å². The summed E-state index contributed by atoms with van der Waals surface area (Å²) >= 11 is 0. The minimum Gasteiger partial charge on any atom is -0.410 e. The zero-order valence-corrected chi connectivity index (χ0v) is 7.28. The molecule has 1 aliphatic rings. The van der Waals surface area contributed by atoms with E-state index < -0.39 is 0 Å². The van der Waals surface area contributed by atoms with Crippen LogP contribution in [0.2, 0.25) is 0 Å². The highest BCUT2D eigenvalue weighted by Crippen LogP contribution is 2.26. The molecule has 1 aromatic carbocycles. The van der Waals surface area contributed by atoms with E-state index in [0.717, 1.165) is 5.56 Å². The van der Waals surface area contributed by atoms with Gasteiger partial charge in [-0.25, -0.2) is 4.79 Å². The largest absolute Gasteiger partial charge is 0.415 e. The average molecular weight is 178 g/mol. The van der Waals surface area contributed by atoms with Gasteiger partial charge in [-0.15, -0.1) is 0 Å². The number of fused-ring (bicyclic) bond motifs is 1. The molecular formula is C9H10N2O2. The van der Waals surface area contributed by atoms with Gasteiger partial charge in [0.05, 0.1) is 6.54 Å². The molecule has 4 heteroatoms. The third-order valence-electron chi connectivity index (χ3n) is 2.00. The SMILES string of the molecule is CN1Cc2cc(N)ccc2OC1=O. The van der Waals surface area contributed by atoms with Crippen LogP contribution in [0.25, 0.3) is 0 Å². The van der Waals surface area contributed by atoms with E-state index in [0.29, 0.717) is 18.0 Å². The third-order valence-corrected chi connectivity index (χ3v) is 2.00. The van der Waals surface area contributed by atoms with Gasteiger partial charge in [0.15, 0.2) is 0 Å². The summed E-state index contributed by atoms with van der Waals surface area (Å²) in [6.07, 6.45) is -0.322. The van der Waals surface area contributed by atoms with Gasteiger partial charge in [-0.3, -0.25) is 0 Å². The summed E-state index contributed by atoms with van der Waals surface area (Å²) in [5.41, 5.74) is 7.23. The lowest BCUT2D eigenvalue weighted by atomic mass is 10.1. The molecule has 0 bridgehead atoms. The minimum absolute atomic E-state index is 0.322. The zero-order valence-electron chi connectivity index (χ0n) is 7.28. The van der Waals surface area contributed by atoms with Crippen molar-refractivity contribution < 1.29 is 9.53 Å². The number of nitrogen functional groups attached to an aromatic ring is 1. The number of carbonyl (C=O) groups is 1. The van der Waals surface area contributed by atoms with Crippen molar-refractivity contribution in [3.05, 3.63) is 23.8 Å². The van der Waals surface area contributed by atoms with Crippen molar-refractivity contribution in [2.75, 3.05) is 12.8 Å². The summed E-state index contributed by atoms with van der Waals surface area (Å²) in [6, 6.07) is 5.26. The number of rotatable bonds is 0. The van der Waals surface area contributed by atoms with Crippen LogP contribution in [0.3, 0.4) is 0 Å². The van der Waals surface area contributed by atoms with Crippen molar-refractivity contribution in [3.8, 4) is 5.75 Å². The molecule has 0 fully saturated rings. The predicted molar refractivity (Wildman–Crippen MR) is 48.3 cm³/mol. The van der Waals surface area contributed by atoms with E-state index in [-0.39, 0.29) is 6.09 Å². The molecule has 0 saturated carbocycles. The molecule has 2 N–H and O–H groups in total. The fourth-order valence-electron chi connectivity index (χ4n) is 1.31. The first kappa shape index (κ1) is 7.91. The summed E-state index contributed by atoms with van der Waals surface area (Å²) in [7, 11) is 1.69. The van der Waals surface area contributed by atoms with E-state index in [1.807, 2.05) is 6.07 Å². The zero-order chi connectivity index (χ0) is 9.42. The Kier molecular flexibility index (Phi) is 1.62.